The first kappa shape index (κ1) is 18.7. The monoisotopic (exact) mass is 359 g/mol. The maximum absolute atomic E-state index is 12.9. The minimum Gasteiger partial charge on any atom is -0.497 e. The van der Waals surface area contributed by atoms with Crippen molar-refractivity contribution in [1.29, 1.82) is 0 Å². The van der Waals surface area contributed by atoms with Crippen molar-refractivity contribution in [1.82, 2.24) is 14.9 Å². The molecule has 6 heteroatoms. The number of carbonyl (C=O) groups excluding carboxylic acids is 1. The van der Waals surface area contributed by atoms with Crippen molar-refractivity contribution in [3.63, 3.8) is 0 Å². The average Bonchev–Trinajstić information content (AvgIpc) is 3.03. The largest absolute Gasteiger partial charge is 0.497 e. The molecule has 1 amide bonds. The number of ether oxygens (including phenoxy) is 2. The molecule has 0 spiro atoms. The predicted octanol–water partition coefficient (Wildman–Crippen LogP) is 3.17. The van der Waals surface area contributed by atoms with Crippen molar-refractivity contribution < 1.29 is 14.3 Å². The van der Waals surface area contributed by atoms with Gasteiger partial charge in [0.1, 0.15) is 11.6 Å². The molecule has 0 saturated carbocycles. The number of nitrogens with one attached hydrogen (secondary N) is 1. The molecule has 1 fully saturated rings. The molecule has 1 atom stereocenters. The summed E-state index contributed by atoms with van der Waals surface area (Å²) in [6, 6.07) is 5.79. The first-order valence-electron chi connectivity index (χ1n) is 9.37. The topological polar surface area (TPSA) is 67.5 Å². The van der Waals surface area contributed by atoms with E-state index in [1.54, 1.807) is 7.11 Å². The average molecular weight is 359 g/mol. The standard InChI is InChI=1S/C20H29N3O3/c1-5-23(19(24)14-9-11-26-20(2,3)13-14)10-8-18-21-16-7-6-15(25-4)12-17(16)22-18/h6-7,12,14H,5,8-11,13H2,1-4H3,(H,21,22)/t14-/m1/s1. The second kappa shape index (κ2) is 7.66. The third-order valence-corrected chi connectivity index (χ3v) is 5.10. The minimum absolute atomic E-state index is 0.0543. The van der Waals surface area contributed by atoms with Crippen LogP contribution in [-0.4, -0.2) is 53.2 Å². The number of hydrogen-bond acceptors (Lipinski definition) is 4. The molecule has 142 valence electrons. The highest BCUT2D eigenvalue weighted by Gasteiger charge is 2.34. The Labute approximate surface area is 154 Å². The highest BCUT2D eigenvalue weighted by Crippen LogP contribution is 2.30. The van der Waals surface area contributed by atoms with Crippen molar-refractivity contribution >= 4 is 16.9 Å². The van der Waals surface area contributed by atoms with Crippen LogP contribution in [0.2, 0.25) is 0 Å². The molecular formula is C20H29N3O3. The van der Waals surface area contributed by atoms with Crippen LogP contribution in [0.4, 0.5) is 0 Å². The number of likely N-dealkylation sites (N-methyl/N-ethyl adjacent to an activating group) is 1. The van der Waals surface area contributed by atoms with Gasteiger partial charge in [-0.15, -0.1) is 0 Å². The quantitative estimate of drug-likeness (QED) is 0.860. The highest BCUT2D eigenvalue weighted by molar-refractivity contribution is 5.79. The first-order valence-corrected chi connectivity index (χ1v) is 9.37. The van der Waals surface area contributed by atoms with Crippen LogP contribution in [-0.2, 0) is 16.0 Å². The fraction of sp³-hybridized carbons (Fsp3) is 0.600. The van der Waals surface area contributed by atoms with Crippen LogP contribution in [0.5, 0.6) is 5.75 Å². The van der Waals surface area contributed by atoms with E-state index in [4.69, 9.17) is 9.47 Å². The summed E-state index contributed by atoms with van der Waals surface area (Å²) in [7, 11) is 1.65. The predicted molar refractivity (Wildman–Crippen MR) is 101 cm³/mol. The van der Waals surface area contributed by atoms with Gasteiger partial charge in [0.05, 0.1) is 23.7 Å². The molecule has 0 unspecified atom stereocenters. The smallest absolute Gasteiger partial charge is 0.225 e. The fourth-order valence-corrected chi connectivity index (χ4v) is 3.65. The van der Waals surface area contributed by atoms with Gasteiger partial charge in [-0.05, 0) is 45.7 Å². The zero-order chi connectivity index (χ0) is 18.7. The molecule has 1 aromatic carbocycles. The molecule has 2 heterocycles. The van der Waals surface area contributed by atoms with E-state index >= 15 is 0 Å². The lowest BCUT2D eigenvalue weighted by atomic mass is 9.87. The highest BCUT2D eigenvalue weighted by atomic mass is 16.5. The summed E-state index contributed by atoms with van der Waals surface area (Å²) in [4.78, 5) is 22.8. The van der Waals surface area contributed by atoms with Gasteiger partial charge in [0.25, 0.3) is 0 Å². The molecule has 1 saturated heterocycles. The van der Waals surface area contributed by atoms with Crippen LogP contribution in [0.3, 0.4) is 0 Å². The first-order chi connectivity index (χ1) is 12.4. The van der Waals surface area contributed by atoms with E-state index < -0.39 is 0 Å². The van der Waals surface area contributed by atoms with Crippen LogP contribution in [0.15, 0.2) is 18.2 Å². The molecule has 26 heavy (non-hydrogen) atoms. The summed E-state index contributed by atoms with van der Waals surface area (Å²) in [6.07, 6.45) is 2.30. The minimum atomic E-state index is -0.213. The Kier molecular flexibility index (Phi) is 5.51. The Balaban J connectivity index is 1.64. The molecule has 3 rings (SSSR count). The summed E-state index contributed by atoms with van der Waals surface area (Å²) >= 11 is 0. The van der Waals surface area contributed by atoms with Gasteiger partial charge in [-0.2, -0.15) is 0 Å². The number of rotatable bonds is 6. The van der Waals surface area contributed by atoms with E-state index in [0.717, 1.165) is 35.4 Å². The molecule has 0 radical (unpaired) electrons. The normalized spacial score (nSPS) is 19.5. The number of carbonyl (C=O) groups is 1. The van der Waals surface area contributed by atoms with Crippen LogP contribution in [0.25, 0.3) is 11.0 Å². The van der Waals surface area contributed by atoms with Crippen LogP contribution >= 0.6 is 0 Å². The molecule has 0 bridgehead atoms. The lowest BCUT2D eigenvalue weighted by Gasteiger charge is -2.37. The lowest BCUT2D eigenvalue weighted by molar-refractivity contribution is -0.145. The number of nitrogens with zero attached hydrogens (tertiary/aromatic N) is 2. The third-order valence-electron chi connectivity index (χ3n) is 5.10. The number of methoxy groups -OCH3 is 1. The van der Waals surface area contributed by atoms with E-state index in [9.17, 15) is 4.79 Å². The van der Waals surface area contributed by atoms with Gasteiger partial charge in [-0.25, -0.2) is 4.98 Å². The van der Waals surface area contributed by atoms with Gasteiger partial charge >= 0.3 is 0 Å². The number of aromatic amines is 1. The van der Waals surface area contributed by atoms with E-state index in [0.29, 0.717) is 26.1 Å². The van der Waals surface area contributed by atoms with Crippen molar-refractivity contribution in [3.8, 4) is 5.75 Å². The Morgan fingerprint density at radius 2 is 2.27 bits per heavy atom. The number of amides is 1. The van der Waals surface area contributed by atoms with Crippen molar-refractivity contribution in [2.45, 2.75) is 45.6 Å². The second-order valence-electron chi connectivity index (χ2n) is 7.53. The SMILES string of the molecule is CCN(CCc1nc2ccc(OC)cc2[nH]1)C(=O)[C@@H]1CCOC(C)(C)C1. The summed E-state index contributed by atoms with van der Waals surface area (Å²) in [5, 5.41) is 0. The molecule has 6 nitrogen and oxygen atoms in total. The molecule has 1 N–H and O–H groups in total. The number of benzene rings is 1. The van der Waals surface area contributed by atoms with Gasteiger partial charge in [0.15, 0.2) is 0 Å². The van der Waals surface area contributed by atoms with Crippen molar-refractivity contribution in [2.24, 2.45) is 5.92 Å². The number of H-pyrrole nitrogens is 1. The Morgan fingerprint density at radius 1 is 1.46 bits per heavy atom. The van der Waals surface area contributed by atoms with Gasteiger partial charge in [-0.3, -0.25) is 4.79 Å². The zero-order valence-electron chi connectivity index (χ0n) is 16.2. The molecule has 1 aromatic heterocycles. The lowest BCUT2D eigenvalue weighted by Crippen LogP contribution is -2.44. The molecular weight excluding hydrogens is 330 g/mol. The summed E-state index contributed by atoms with van der Waals surface area (Å²) in [5.74, 6) is 1.99. The van der Waals surface area contributed by atoms with E-state index in [1.807, 2.05) is 30.0 Å². The Morgan fingerprint density at radius 3 is 2.96 bits per heavy atom. The fourth-order valence-electron chi connectivity index (χ4n) is 3.65. The summed E-state index contributed by atoms with van der Waals surface area (Å²) < 4.78 is 11.0. The molecule has 0 aliphatic carbocycles. The number of aromatic nitrogens is 2. The van der Waals surface area contributed by atoms with Crippen LogP contribution in [0.1, 0.15) is 39.4 Å². The Bertz CT molecular complexity index is 769. The number of hydrogen-bond donors (Lipinski definition) is 1. The number of fused-ring (bicyclic) bond motifs is 1. The maximum Gasteiger partial charge on any atom is 0.225 e. The summed E-state index contributed by atoms with van der Waals surface area (Å²) in [6.45, 7) is 8.20. The van der Waals surface area contributed by atoms with Gasteiger partial charge in [0.2, 0.25) is 5.91 Å². The van der Waals surface area contributed by atoms with Gasteiger partial charge < -0.3 is 19.4 Å². The van der Waals surface area contributed by atoms with Crippen LogP contribution < -0.4 is 4.74 Å². The van der Waals surface area contributed by atoms with E-state index in [1.165, 1.54) is 0 Å². The number of imidazole rings is 1. The van der Waals surface area contributed by atoms with Gasteiger partial charge in [0, 0.05) is 38.1 Å². The zero-order valence-corrected chi connectivity index (χ0v) is 16.2. The van der Waals surface area contributed by atoms with Crippen molar-refractivity contribution in [3.05, 3.63) is 24.0 Å². The molecule has 1 aliphatic heterocycles. The van der Waals surface area contributed by atoms with Gasteiger partial charge in [-0.1, -0.05) is 0 Å². The maximum atomic E-state index is 12.9. The summed E-state index contributed by atoms with van der Waals surface area (Å²) in [5.41, 5.74) is 1.66. The van der Waals surface area contributed by atoms with Crippen molar-refractivity contribution in [2.75, 3.05) is 26.8 Å². The second-order valence-corrected chi connectivity index (χ2v) is 7.53. The molecule has 2 aromatic rings. The van der Waals surface area contributed by atoms with E-state index in [-0.39, 0.29) is 17.4 Å². The van der Waals surface area contributed by atoms with E-state index in [2.05, 4.69) is 23.8 Å². The van der Waals surface area contributed by atoms with Crippen LogP contribution in [0, 0.1) is 5.92 Å². The third kappa shape index (κ3) is 4.18. The molecule has 1 aliphatic rings. The Hall–Kier alpha value is -2.08.